The number of aliphatic carboxylic acids is 1. The number of rotatable bonds is 8. The smallest absolute Gasteiger partial charge is 0.303 e. The SMILES string of the molecule is O=C(O)CCCOc1ccc(-c2cccnc2SC2CCC2)c(F)c1F. The van der Waals surface area contributed by atoms with Crippen LogP contribution in [0.5, 0.6) is 5.75 Å². The summed E-state index contributed by atoms with van der Waals surface area (Å²) in [5.74, 6) is -3.22. The Labute approximate surface area is 154 Å². The molecular formula is C19H19F2NO3S. The summed E-state index contributed by atoms with van der Waals surface area (Å²) in [6.07, 6.45) is 5.21. The van der Waals surface area contributed by atoms with Crippen LogP contribution in [-0.4, -0.2) is 27.9 Å². The van der Waals surface area contributed by atoms with Gasteiger partial charge in [-0.05, 0) is 37.5 Å². The number of carbonyl (C=O) groups is 1. The van der Waals surface area contributed by atoms with Gasteiger partial charge in [-0.1, -0.05) is 12.5 Å². The fourth-order valence-electron chi connectivity index (χ4n) is 2.59. The quantitative estimate of drug-likeness (QED) is 0.660. The van der Waals surface area contributed by atoms with E-state index >= 15 is 0 Å². The Hall–Kier alpha value is -2.15. The molecule has 1 heterocycles. The molecule has 1 fully saturated rings. The molecule has 1 saturated carbocycles. The van der Waals surface area contributed by atoms with Gasteiger partial charge in [-0.3, -0.25) is 4.79 Å². The zero-order valence-corrected chi connectivity index (χ0v) is 14.9. The van der Waals surface area contributed by atoms with E-state index in [0.717, 1.165) is 12.8 Å². The van der Waals surface area contributed by atoms with Gasteiger partial charge in [0.05, 0.1) is 6.61 Å². The summed E-state index contributed by atoms with van der Waals surface area (Å²) in [4.78, 5) is 14.8. The molecule has 1 aromatic heterocycles. The number of benzene rings is 1. The van der Waals surface area contributed by atoms with E-state index in [1.165, 1.54) is 18.6 Å². The van der Waals surface area contributed by atoms with Crippen LogP contribution in [0.25, 0.3) is 11.1 Å². The van der Waals surface area contributed by atoms with Crippen LogP contribution in [0.3, 0.4) is 0 Å². The Morgan fingerprint density at radius 3 is 2.73 bits per heavy atom. The van der Waals surface area contributed by atoms with Gasteiger partial charge in [0.25, 0.3) is 0 Å². The molecule has 2 aromatic rings. The Kier molecular flexibility index (Phi) is 6.08. The summed E-state index contributed by atoms with van der Waals surface area (Å²) >= 11 is 1.60. The van der Waals surface area contributed by atoms with Gasteiger partial charge in [0.1, 0.15) is 5.03 Å². The van der Waals surface area contributed by atoms with E-state index in [0.29, 0.717) is 15.8 Å². The molecule has 0 unspecified atom stereocenters. The topological polar surface area (TPSA) is 59.4 Å². The van der Waals surface area contributed by atoms with Gasteiger partial charge in [0, 0.05) is 29.0 Å². The average Bonchev–Trinajstić information content (AvgIpc) is 2.59. The monoisotopic (exact) mass is 379 g/mol. The van der Waals surface area contributed by atoms with Crippen molar-refractivity contribution in [1.82, 2.24) is 4.98 Å². The first-order valence-corrected chi connectivity index (χ1v) is 9.39. The second kappa shape index (κ2) is 8.49. The van der Waals surface area contributed by atoms with E-state index in [-0.39, 0.29) is 30.8 Å². The van der Waals surface area contributed by atoms with Gasteiger partial charge >= 0.3 is 5.97 Å². The normalized spacial score (nSPS) is 14.1. The highest BCUT2D eigenvalue weighted by Crippen LogP contribution is 2.41. The van der Waals surface area contributed by atoms with E-state index in [1.54, 1.807) is 30.1 Å². The highest BCUT2D eigenvalue weighted by Gasteiger charge is 2.23. The molecule has 138 valence electrons. The molecule has 3 rings (SSSR count). The summed E-state index contributed by atoms with van der Waals surface area (Å²) in [6, 6.07) is 6.29. The van der Waals surface area contributed by atoms with Crippen LogP contribution in [0.4, 0.5) is 8.78 Å². The minimum atomic E-state index is -1.07. The minimum Gasteiger partial charge on any atom is -0.490 e. The van der Waals surface area contributed by atoms with Gasteiger partial charge < -0.3 is 9.84 Å². The molecule has 7 heteroatoms. The van der Waals surface area contributed by atoms with Crippen molar-refractivity contribution >= 4 is 17.7 Å². The number of halogens is 2. The van der Waals surface area contributed by atoms with E-state index in [4.69, 9.17) is 9.84 Å². The van der Waals surface area contributed by atoms with Crippen molar-refractivity contribution in [2.24, 2.45) is 0 Å². The average molecular weight is 379 g/mol. The number of nitrogens with zero attached hydrogens (tertiary/aromatic N) is 1. The minimum absolute atomic E-state index is 0.0116. The lowest BCUT2D eigenvalue weighted by atomic mass is 10.00. The highest BCUT2D eigenvalue weighted by molar-refractivity contribution is 8.00. The van der Waals surface area contributed by atoms with Crippen LogP contribution in [0.15, 0.2) is 35.5 Å². The number of aromatic nitrogens is 1. The van der Waals surface area contributed by atoms with E-state index < -0.39 is 17.6 Å². The van der Waals surface area contributed by atoms with Crippen LogP contribution < -0.4 is 4.74 Å². The van der Waals surface area contributed by atoms with Gasteiger partial charge in [-0.25, -0.2) is 9.37 Å². The molecule has 0 bridgehead atoms. The molecule has 1 aliphatic rings. The van der Waals surface area contributed by atoms with Crippen molar-refractivity contribution in [2.45, 2.75) is 42.4 Å². The van der Waals surface area contributed by atoms with Crippen LogP contribution in [0.2, 0.25) is 0 Å². The number of pyridine rings is 1. The third-order valence-electron chi connectivity index (χ3n) is 4.23. The Bertz CT molecular complexity index is 796. The molecule has 0 atom stereocenters. The molecule has 1 aromatic carbocycles. The summed E-state index contributed by atoms with van der Waals surface area (Å²) in [5, 5.41) is 9.76. The summed E-state index contributed by atoms with van der Waals surface area (Å²) < 4.78 is 34.2. The van der Waals surface area contributed by atoms with Crippen LogP contribution in [-0.2, 0) is 4.79 Å². The highest BCUT2D eigenvalue weighted by atomic mass is 32.2. The number of hydrogen-bond acceptors (Lipinski definition) is 4. The predicted molar refractivity (Wildman–Crippen MR) is 95.4 cm³/mol. The van der Waals surface area contributed by atoms with Gasteiger partial charge in [0.15, 0.2) is 11.6 Å². The molecule has 4 nitrogen and oxygen atoms in total. The fraction of sp³-hybridized carbons (Fsp3) is 0.368. The maximum atomic E-state index is 14.6. The predicted octanol–water partition coefficient (Wildman–Crippen LogP) is 4.92. The van der Waals surface area contributed by atoms with Gasteiger partial charge in [0.2, 0.25) is 5.82 Å². The molecule has 0 spiro atoms. The maximum Gasteiger partial charge on any atom is 0.303 e. The van der Waals surface area contributed by atoms with Crippen molar-refractivity contribution in [3.63, 3.8) is 0 Å². The van der Waals surface area contributed by atoms with E-state index in [1.807, 2.05) is 0 Å². The second-order valence-electron chi connectivity index (χ2n) is 6.11. The maximum absolute atomic E-state index is 14.6. The van der Waals surface area contributed by atoms with E-state index in [2.05, 4.69) is 4.98 Å². The second-order valence-corrected chi connectivity index (χ2v) is 7.40. The van der Waals surface area contributed by atoms with Crippen molar-refractivity contribution in [3.05, 3.63) is 42.1 Å². The summed E-state index contributed by atoms with van der Waals surface area (Å²) in [5.41, 5.74) is 0.716. The number of hydrogen-bond donors (Lipinski definition) is 1. The molecule has 26 heavy (non-hydrogen) atoms. The lowest BCUT2D eigenvalue weighted by molar-refractivity contribution is -0.137. The molecule has 1 aliphatic carbocycles. The van der Waals surface area contributed by atoms with Crippen molar-refractivity contribution in [1.29, 1.82) is 0 Å². The molecule has 0 amide bonds. The zero-order valence-electron chi connectivity index (χ0n) is 14.1. The van der Waals surface area contributed by atoms with Gasteiger partial charge in [-0.2, -0.15) is 4.39 Å². The first-order chi connectivity index (χ1) is 12.6. The zero-order chi connectivity index (χ0) is 18.5. The molecule has 0 saturated heterocycles. The molecule has 0 radical (unpaired) electrons. The largest absolute Gasteiger partial charge is 0.490 e. The lowest BCUT2D eigenvalue weighted by Gasteiger charge is -2.25. The van der Waals surface area contributed by atoms with Crippen LogP contribution in [0.1, 0.15) is 32.1 Å². The van der Waals surface area contributed by atoms with E-state index in [9.17, 15) is 13.6 Å². The number of carboxylic acids is 1. The molecular weight excluding hydrogens is 360 g/mol. The first kappa shape index (κ1) is 18.6. The summed E-state index contributed by atoms with van der Waals surface area (Å²) in [7, 11) is 0. The van der Waals surface area contributed by atoms with Crippen LogP contribution in [0, 0.1) is 11.6 Å². The lowest BCUT2D eigenvalue weighted by Crippen LogP contribution is -2.13. The standard InChI is InChI=1S/C19H19F2NO3S/c20-17-13(8-9-15(18(17)21)25-11-3-7-16(23)24)14-6-2-10-22-19(14)26-12-4-1-5-12/h2,6,8-10,12H,1,3-5,7,11H2,(H,23,24). The fourth-order valence-corrected chi connectivity index (χ4v) is 3.90. The third-order valence-corrected chi connectivity index (χ3v) is 5.58. The van der Waals surface area contributed by atoms with Gasteiger partial charge in [-0.15, -0.1) is 11.8 Å². The van der Waals surface area contributed by atoms with Crippen LogP contribution >= 0.6 is 11.8 Å². The van der Waals surface area contributed by atoms with Crippen molar-refractivity contribution in [2.75, 3.05) is 6.61 Å². The number of thioether (sulfide) groups is 1. The Balaban J connectivity index is 1.79. The molecule has 1 N–H and O–H groups in total. The Morgan fingerprint density at radius 2 is 2.04 bits per heavy atom. The summed E-state index contributed by atoms with van der Waals surface area (Å²) in [6.45, 7) is 0.0116. The Morgan fingerprint density at radius 1 is 1.23 bits per heavy atom. The third kappa shape index (κ3) is 4.33. The number of carboxylic acid groups (broad SMARTS) is 1. The van der Waals surface area contributed by atoms with Crippen molar-refractivity contribution in [3.8, 4) is 16.9 Å². The first-order valence-electron chi connectivity index (χ1n) is 8.51. The number of ether oxygens (including phenoxy) is 1. The van der Waals surface area contributed by atoms with Crippen molar-refractivity contribution < 1.29 is 23.4 Å². The molecule has 0 aliphatic heterocycles.